The summed E-state index contributed by atoms with van der Waals surface area (Å²) in [6.07, 6.45) is 7.46. The SMILES string of the molecule is Clc1ncc(I)c(NCc2ccc(-c3cccn4ccnc34)cc2)n1. The van der Waals surface area contributed by atoms with E-state index in [9.17, 15) is 0 Å². The molecule has 0 aliphatic heterocycles. The van der Waals surface area contributed by atoms with Gasteiger partial charge in [0, 0.05) is 36.9 Å². The molecule has 0 saturated carbocycles. The van der Waals surface area contributed by atoms with Crippen LogP contribution in [-0.4, -0.2) is 19.4 Å². The number of aromatic nitrogens is 4. The normalized spacial score (nSPS) is 11.0. The summed E-state index contributed by atoms with van der Waals surface area (Å²) in [7, 11) is 0. The highest BCUT2D eigenvalue weighted by molar-refractivity contribution is 14.1. The van der Waals surface area contributed by atoms with Gasteiger partial charge < -0.3 is 9.72 Å². The molecule has 0 atom stereocenters. The van der Waals surface area contributed by atoms with E-state index in [4.69, 9.17) is 11.6 Å². The van der Waals surface area contributed by atoms with Gasteiger partial charge in [-0.15, -0.1) is 0 Å². The second-order valence-corrected chi connectivity index (χ2v) is 6.97. The quantitative estimate of drug-likeness (QED) is 0.355. The number of hydrogen-bond donors (Lipinski definition) is 1. The van der Waals surface area contributed by atoms with Crippen LogP contribution in [0.5, 0.6) is 0 Å². The van der Waals surface area contributed by atoms with E-state index in [2.05, 4.69) is 73.2 Å². The minimum atomic E-state index is 0.242. The van der Waals surface area contributed by atoms with Crippen molar-refractivity contribution in [3.63, 3.8) is 0 Å². The molecule has 0 unspecified atom stereocenters. The Kier molecular flexibility index (Phi) is 4.54. The maximum absolute atomic E-state index is 5.85. The fourth-order valence-electron chi connectivity index (χ4n) is 2.63. The lowest BCUT2D eigenvalue weighted by atomic mass is 10.1. The Morgan fingerprint density at radius 1 is 1.08 bits per heavy atom. The molecule has 0 fully saturated rings. The van der Waals surface area contributed by atoms with E-state index in [0.29, 0.717) is 6.54 Å². The van der Waals surface area contributed by atoms with Crippen molar-refractivity contribution in [1.29, 1.82) is 0 Å². The standard InChI is InChI=1S/C18H13ClIN5/c19-18-23-11-15(20)16(24-18)22-10-12-3-5-13(6-4-12)14-2-1-8-25-9-7-21-17(14)25/h1-9,11H,10H2,(H,22,23,24). The highest BCUT2D eigenvalue weighted by Gasteiger charge is 2.06. The maximum atomic E-state index is 5.85. The molecule has 4 aromatic rings. The maximum Gasteiger partial charge on any atom is 0.224 e. The predicted octanol–water partition coefficient (Wildman–Crippen LogP) is 4.66. The van der Waals surface area contributed by atoms with Gasteiger partial charge in [-0.1, -0.05) is 24.3 Å². The molecular weight excluding hydrogens is 449 g/mol. The Morgan fingerprint density at radius 2 is 1.92 bits per heavy atom. The molecule has 3 heterocycles. The van der Waals surface area contributed by atoms with E-state index in [0.717, 1.165) is 31.7 Å². The van der Waals surface area contributed by atoms with Crippen molar-refractivity contribution in [2.75, 3.05) is 5.32 Å². The van der Waals surface area contributed by atoms with Gasteiger partial charge in [0.1, 0.15) is 11.5 Å². The van der Waals surface area contributed by atoms with Gasteiger partial charge in [-0.25, -0.2) is 9.97 Å². The van der Waals surface area contributed by atoms with E-state index < -0.39 is 0 Å². The van der Waals surface area contributed by atoms with Crippen LogP contribution in [0.1, 0.15) is 5.56 Å². The van der Waals surface area contributed by atoms with E-state index in [-0.39, 0.29) is 5.28 Å². The third-order valence-electron chi connectivity index (χ3n) is 3.86. The molecule has 3 aromatic heterocycles. The predicted molar refractivity (Wildman–Crippen MR) is 108 cm³/mol. The molecule has 1 N–H and O–H groups in total. The number of halogens is 2. The smallest absolute Gasteiger partial charge is 0.224 e. The summed E-state index contributed by atoms with van der Waals surface area (Å²) in [6, 6.07) is 12.5. The number of nitrogens with one attached hydrogen (secondary N) is 1. The molecule has 124 valence electrons. The van der Waals surface area contributed by atoms with Crippen LogP contribution in [-0.2, 0) is 6.54 Å². The number of imidazole rings is 1. The van der Waals surface area contributed by atoms with Gasteiger partial charge in [0.25, 0.3) is 0 Å². The van der Waals surface area contributed by atoms with Crippen LogP contribution in [0.3, 0.4) is 0 Å². The van der Waals surface area contributed by atoms with Crippen molar-refractivity contribution in [3.8, 4) is 11.1 Å². The second-order valence-electron chi connectivity index (χ2n) is 5.47. The van der Waals surface area contributed by atoms with Crippen molar-refractivity contribution < 1.29 is 0 Å². The monoisotopic (exact) mass is 461 g/mol. The molecular formula is C18H13ClIN5. The first-order chi connectivity index (χ1) is 12.2. The highest BCUT2D eigenvalue weighted by Crippen LogP contribution is 2.24. The minimum Gasteiger partial charge on any atom is -0.365 e. The fourth-order valence-corrected chi connectivity index (χ4v) is 3.22. The number of hydrogen-bond acceptors (Lipinski definition) is 4. The van der Waals surface area contributed by atoms with Crippen LogP contribution >= 0.6 is 34.2 Å². The van der Waals surface area contributed by atoms with Gasteiger partial charge in [-0.05, 0) is 57.5 Å². The molecule has 1 aromatic carbocycles. The summed E-state index contributed by atoms with van der Waals surface area (Å²) in [4.78, 5) is 12.6. The molecule has 4 rings (SSSR count). The Labute approximate surface area is 163 Å². The summed E-state index contributed by atoms with van der Waals surface area (Å²) >= 11 is 8.04. The summed E-state index contributed by atoms with van der Waals surface area (Å²) < 4.78 is 2.95. The Morgan fingerprint density at radius 3 is 2.76 bits per heavy atom. The third-order valence-corrected chi connectivity index (χ3v) is 4.83. The number of nitrogens with zero attached hydrogens (tertiary/aromatic N) is 4. The molecule has 7 heteroatoms. The molecule has 0 spiro atoms. The van der Waals surface area contributed by atoms with E-state index >= 15 is 0 Å². The fraction of sp³-hybridized carbons (Fsp3) is 0.0556. The zero-order chi connectivity index (χ0) is 17.2. The van der Waals surface area contributed by atoms with Gasteiger partial charge in [0.15, 0.2) is 0 Å². The lowest BCUT2D eigenvalue weighted by Crippen LogP contribution is -2.04. The second kappa shape index (κ2) is 6.97. The Balaban J connectivity index is 1.54. The Hall–Kier alpha value is -2.19. The summed E-state index contributed by atoms with van der Waals surface area (Å²) in [5.41, 5.74) is 4.37. The van der Waals surface area contributed by atoms with Crippen molar-refractivity contribution in [3.05, 3.63) is 75.6 Å². The van der Waals surface area contributed by atoms with Gasteiger partial charge in [-0.2, -0.15) is 4.98 Å². The molecule has 25 heavy (non-hydrogen) atoms. The van der Waals surface area contributed by atoms with Gasteiger partial charge in [0.2, 0.25) is 5.28 Å². The van der Waals surface area contributed by atoms with Crippen molar-refractivity contribution in [1.82, 2.24) is 19.4 Å². The number of anilines is 1. The first kappa shape index (κ1) is 16.3. The van der Waals surface area contributed by atoms with Gasteiger partial charge in [0.05, 0.1) is 3.57 Å². The minimum absolute atomic E-state index is 0.242. The van der Waals surface area contributed by atoms with Crippen LogP contribution in [0.4, 0.5) is 5.82 Å². The van der Waals surface area contributed by atoms with Crippen LogP contribution in [0.15, 0.2) is 61.2 Å². The summed E-state index contributed by atoms with van der Waals surface area (Å²) in [5, 5.41) is 3.54. The molecule has 0 saturated heterocycles. The zero-order valence-electron chi connectivity index (χ0n) is 13.0. The number of fused-ring (bicyclic) bond motifs is 1. The molecule has 0 aliphatic carbocycles. The van der Waals surface area contributed by atoms with Crippen molar-refractivity contribution in [2.24, 2.45) is 0 Å². The molecule has 0 aliphatic rings. The molecule has 0 bridgehead atoms. The summed E-state index contributed by atoms with van der Waals surface area (Å²) in [6.45, 7) is 0.664. The van der Waals surface area contributed by atoms with Crippen molar-refractivity contribution >= 4 is 45.7 Å². The van der Waals surface area contributed by atoms with Crippen LogP contribution in [0, 0.1) is 3.57 Å². The average molecular weight is 462 g/mol. The average Bonchev–Trinajstić information content (AvgIpc) is 3.12. The van der Waals surface area contributed by atoms with Crippen molar-refractivity contribution in [2.45, 2.75) is 6.54 Å². The van der Waals surface area contributed by atoms with Crippen LogP contribution < -0.4 is 5.32 Å². The Bertz CT molecular complexity index is 1030. The van der Waals surface area contributed by atoms with Crippen LogP contribution in [0.2, 0.25) is 5.28 Å². The first-order valence-corrected chi connectivity index (χ1v) is 9.09. The summed E-state index contributed by atoms with van der Waals surface area (Å²) in [5.74, 6) is 0.742. The first-order valence-electron chi connectivity index (χ1n) is 7.63. The van der Waals surface area contributed by atoms with E-state index in [1.54, 1.807) is 6.20 Å². The molecule has 0 amide bonds. The van der Waals surface area contributed by atoms with Crippen LogP contribution in [0.25, 0.3) is 16.8 Å². The topological polar surface area (TPSA) is 55.1 Å². The lowest BCUT2D eigenvalue weighted by molar-refractivity contribution is 1.07. The van der Waals surface area contributed by atoms with Gasteiger partial charge >= 0.3 is 0 Å². The van der Waals surface area contributed by atoms with E-state index in [1.807, 2.05) is 29.1 Å². The lowest BCUT2D eigenvalue weighted by Gasteiger charge is -2.09. The molecule has 0 radical (unpaired) electrons. The van der Waals surface area contributed by atoms with Gasteiger partial charge in [-0.3, -0.25) is 0 Å². The third kappa shape index (κ3) is 3.45. The number of rotatable bonds is 4. The number of pyridine rings is 1. The van der Waals surface area contributed by atoms with E-state index in [1.165, 1.54) is 0 Å². The largest absolute Gasteiger partial charge is 0.365 e. The zero-order valence-corrected chi connectivity index (χ0v) is 15.9. The number of benzene rings is 1. The highest BCUT2D eigenvalue weighted by atomic mass is 127. The molecule has 5 nitrogen and oxygen atoms in total.